The average Bonchev–Trinajstić information content (AvgIpc) is 3.45. The summed E-state index contributed by atoms with van der Waals surface area (Å²) in [4.78, 5) is 14.7. The minimum atomic E-state index is -3.55. The largest absolute Gasteiger partial charge is 0.351 e. The van der Waals surface area contributed by atoms with Crippen molar-refractivity contribution in [1.29, 1.82) is 0 Å². The minimum Gasteiger partial charge on any atom is -0.351 e. The maximum Gasteiger partial charge on any atom is 0.251 e. The highest BCUT2D eigenvalue weighted by atomic mass is 32.2. The van der Waals surface area contributed by atoms with Crippen LogP contribution in [-0.4, -0.2) is 65.0 Å². The normalized spacial score (nSPS) is 18.9. The van der Waals surface area contributed by atoms with E-state index in [-0.39, 0.29) is 10.8 Å². The molecule has 7 nitrogen and oxygen atoms in total. The van der Waals surface area contributed by atoms with Crippen molar-refractivity contribution in [3.63, 3.8) is 0 Å². The summed E-state index contributed by atoms with van der Waals surface area (Å²) in [7, 11) is -3.55. The van der Waals surface area contributed by atoms with Crippen LogP contribution in [0.1, 0.15) is 23.2 Å². The highest BCUT2D eigenvalue weighted by molar-refractivity contribution is 7.89. The molecule has 25 heavy (non-hydrogen) atoms. The first-order chi connectivity index (χ1) is 12.0. The Bertz CT molecular complexity index is 698. The lowest BCUT2D eigenvalue weighted by atomic mass is 10.2. The van der Waals surface area contributed by atoms with Crippen LogP contribution in [0, 0.1) is 5.92 Å². The van der Waals surface area contributed by atoms with Gasteiger partial charge in [0.15, 0.2) is 0 Å². The second-order valence-corrected chi connectivity index (χ2v) is 8.44. The van der Waals surface area contributed by atoms with Crippen molar-refractivity contribution in [2.45, 2.75) is 17.7 Å². The number of hydrogen-bond donors (Lipinski definition) is 3. The van der Waals surface area contributed by atoms with Crippen LogP contribution in [0.15, 0.2) is 29.2 Å². The van der Waals surface area contributed by atoms with Gasteiger partial charge in [0.05, 0.1) is 4.90 Å². The van der Waals surface area contributed by atoms with Gasteiger partial charge in [-0.1, -0.05) is 6.07 Å². The quantitative estimate of drug-likeness (QED) is 0.603. The maximum absolute atomic E-state index is 12.3. The molecule has 0 atom stereocenters. The molecule has 1 aromatic rings. The van der Waals surface area contributed by atoms with Crippen molar-refractivity contribution < 1.29 is 13.2 Å². The summed E-state index contributed by atoms with van der Waals surface area (Å²) in [5.74, 6) is 0.223. The van der Waals surface area contributed by atoms with E-state index in [1.807, 2.05) is 0 Å². The maximum atomic E-state index is 12.3. The fourth-order valence-electron chi connectivity index (χ4n) is 2.80. The Morgan fingerprint density at radius 2 is 2.00 bits per heavy atom. The number of sulfonamides is 1. The van der Waals surface area contributed by atoms with Crippen LogP contribution in [-0.2, 0) is 10.0 Å². The van der Waals surface area contributed by atoms with Gasteiger partial charge in [-0.15, -0.1) is 0 Å². The lowest BCUT2D eigenvalue weighted by Crippen LogP contribution is -2.46. The first-order valence-corrected chi connectivity index (χ1v) is 10.3. The van der Waals surface area contributed by atoms with E-state index in [1.165, 1.54) is 12.1 Å². The van der Waals surface area contributed by atoms with Crippen molar-refractivity contribution in [3.05, 3.63) is 29.8 Å². The van der Waals surface area contributed by atoms with Gasteiger partial charge in [-0.05, 0) is 37.0 Å². The molecule has 0 unspecified atom stereocenters. The van der Waals surface area contributed by atoms with Crippen molar-refractivity contribution in [1.82, 2.24) is 20.3 Å². The molecule has 138 valence electrons. The van der Waals surface area contributed by atoms with Gasteiger partial charge in [0, 0.05) is 51.4 Å². The number of carbonyl (C=O) groups excluding carboxylic acids is 1. The number of carbonyl (C=O) groups is 1. The molecule has 0 spiro atoms. The van der Waals surface area contributed by atoms with E-state index < -0.39 is 10.0 Å². The number of hydrogen-bond acceptors (Lipinski definition) is 5. The number of nitrogens with one attached hydrogen (secondary N) is 3. The molecule has 3 rings (SSSR count). The molecule has 1 saturated carbocycles. The van der Waals surface area contributed by atoms with E-state index in [1.54, 1.807) is 12.1 Å². The molecule has 8 heteroatoms. The molecule has 0 aromatic heterocycles. The molecule has 0 bridgehead atoms. The van der Waals surface area contributed by atoms with E-state index in [0.29, 0.717) is 24.6 Å². The lowest BCUT2D eigenvalue weighted by Gasteiger charge is -2.27. The Hall–Kier alpha value is -1.48. The summed E-state index contributed by atoms with van der Waals surface area (Å²) >= 11 is 0. The van der Waals surface area contributed by atoms with E-state index in [4.69, 9.17) is 0 Å². The Morgan fingerprint density at radius 3 is 2.72 bits per heavy atom. The molecule has 0 radical (unpaired) electrons. The topological polar surface area (TPSA) is 90.5 Å². The van der Waals surface area contributed by atoms with Crippen molar-refractivity contribution in [2.75, 3.05) is 45.8 Å². The monoisotopic (exact) mass is 366 g/mol. The third kappa shape index (κ3) is 5.50. The number of piperazine rings is 1. The zero-order valence-corrected chi connectivity index (χ0v) is 15.1. The average molecular weight is 366 g/mol. The highest BCUT2D eigenvalue weighted by Crippen LogP contribution is 2.28. The summed E-state index contributed by atoms with van der Waals surface area (Å²) in [5, 5.41) is 6.16. The predicted molar refractivity (Wildman–Crippen MR) is 96.0 cm³/mol. The molecule has 1 heterocycles. The zero-order chi connectivity index (χ0) is 17.7. The van der Waals surface area contributed by atoms with E-state index >= 15 is 0 Å². The Morgan fingerprint density at radius 1 is 1.24 bits per heavy atom. The van der Waals surface area contributed by atoms with Gasteiger partial charge in [-0.3, -0.25) is 9.69 Å². The van der Waals surface area contributed by atoms with Gasteiger partial charge in [-0.25, -0.2) is 13.1 Å². The van der Waals surface area contributed by atoms with Gasteiger partial charge in [0.1, 0.15) is 0 Å². The third-order valence-corrected chi connectivity index (χ3v) is 6.01. The molecule has 1 amide bonds. The number of benzene rings is 1. The Balaban J connectivity index is 1.53. The minimum absolute atomic E-state index is 0.142. The summed E-state index contributed by atoms with van der Waals surface area (Å²) in [5.41, 5.74) is 0.370. The molecule has 1 aromatic carbocycles. The highest BCUT2D eigenvalue weighted by Gasteiger charge is 2.24. The second kappa shape index (κ2) is 8.27. The first kappa shape index (κ1) is 18.3. The van der Waals surface area contributed by atoms with Crippen molar-refractivity contribution >= 4 is 15.9 Å². The van der Waals surface area contributed by atoms with E-state index in [0.717, 1.165) is 45.6 Å². The fraction of sp³-hybridized carbons (Fsp3) is 0.588. The smallest absolute Gasteiger partial charge is 0.251 e. The second-order valence-electron chi connectivity index (χ2n) is 6.67. The third-order valence-electron chi connectivity index (χ3n) is 4.59. The molecule has 3 N–H and O–H groups in total. The number of nitrogens with zero attached hydrogens (tertiary/aromatic N) is 1. The summed E-state index contributed by atoms with van der Waals surface area (Å²) in [6.07, 6.45) is 2.16. The van der Waals surface area contributed by atoms with Gasteiger partial charge in [0.2, 0.25) is 10.0 Å². The molecule has 2 fully saturated rings. The first-order valence-electron chi connectivity index (χ1n) is 8.85. The van der Waals surface area contributed by atoms with Gasteiger partial charge in [-0.2, -0.15) is 0 Å². The zero-order valence-electron chi connectivity index (χ0n) is 14.3. The van der Waals surface area contributed by atoms with E-state index in [9.17, 15) is 13.2 Å². The Labute approximate surface area is 149 Å². The van der Waals surface area contributed by atoms with Crippen LogP contribution in [0.2, 0.25) is 0 Å². The van der Waals surface area contributed by atoms with Gasteiger partial charge < -0.3 is 10.6 Å². The molecule has 1 aliphatic heterocycles. The molecule has 1 aliphatic carbocycles. The van der Waals surface area contributed by atoms with Gasteiger partial charge >= 0.3 is 0 Å². The van der Waals surface area contributed by atoms with Crippen LogP contribution in [0.25, 0.3) is 0 Å². The molecule has 2 aliphatic rings. The molecular formula is C17H26N4O3S. The summed E-state index contributed by atoms with van der Waals surface area (Å²) in [6.45, 7) is 5.74. The SMILES string of the molecule is O=C(NCCN1CCNCC1)c1cccc(S(=O)(=O)NCC2CC2)c1. The van der Waals surface area contributed by atoms with E-state index in [2.05, 4.69) is 20.3 Å². The molecular weight excluding hydrogens is 340 g/mol. The summed E-state index contributed by atoms with van der Waals surface area (Å²) < 4.78 is 27.2. The van der Waals surface area contributed by atoms with Crippen LogP contribution < -0.4 is 15.4 Å². The number of amides is 1. The van der Waals surface area contributed by atoms with Crippen LogP contribution in [0.4, 0.5) is 0 Å². The van der Waals surface area contributed by atoms with Crippen molar-refractivity contribution in [3.8, 4) is 0 Å². The van der Waals surface area contributed by atoms with Gasteiger partial charge in [0.25, 0.3) is 5.91 Å². The standard InChI is InChI=1S/C17H26N4O3S/c22-17(19-8-11-21-9-6-18-7-10-21)15-2-1-3-16(12-15)25(23,24)20-13-14-4-5-14/h1-3,12,14,18,20H,4-11,13H2,(H,19,22). The molecule has 1 saturated heterocycles. The Kier molecular flexibility index (Phi) is 6.06. The van der Waals surface area contributed by atoms with Crippen LogP contribution in [0.3, 0.4) is 0 Å². The lowest BCUT2D eigenvalue weighted by molar-refractivity contribution is 0.0947. The van der Waals surface area contributed by atoms with Crippen molar-refractivity contribution in [2.24, 2.45) is 5.92 Å². The number of rotatable bonds is 8. The van der Waals surface area contributed by atoms with Crippen LogP contribution in [0.5, 0.6) is 0 Å². The fourth-order valence-corrected chi connectivity index (χ4v) is 3.96. The summed E-state index contributed by atoms with van der Waals surface area (Å²) in [6, 6.07) is 6.21. The predicted octanol–water partition coefficient (Wildman–Crippen LogP) is 0.00990. The van der Waals surface area contributed by atoms with Crippen LogP contribution >= 0.6 is 0 Å².